The van der Waals surface area contributed by atoms with Crippen LogP contribution in [-0.4, -0.2) is 49.6 Å². The lowest BCUT2D eigenvalue weighted by atomic mass is 10.1. The maximum atomic E-state index is 11.8. The van der Waals surface area contributed by atoms with Crippen molar-refractivity contribution in [1.29, 1.82) is 0 Å². The van der Waals surface area contributed by atoms with Gasteiger partial charge in [-0.15, -0.1) is 0 Å². The third-order valence-electron chi connectivity index (χ3n) is 3.35. The summed E-state index contributed by atoms with van der Waals surface area (Å²) >= 11 is 0. The van der Waals surface area contributed by atoms with Gasteiger partial charge in [-0.3, -0.25) is 4.79 Å². The summed E-state index contributed by atoms with van der Waals surface area (Å²) in [5.74, 6) is 0.202. The van der Waals surface area contributed by atoms with Crippen LogP contribution in [0.1, 0.15) is 25.7 Å². The molecule has 1 unspecified atom stereocenters. The SMILES string of the molecule is CN1CCC[C@@H](NC(=O)C2CCCN2)C1. The van der Waals surface area contributed by atoms with Gasteiger partial charge in [-0.05, 0) is 45.8 Å². The van der Waals surface area contributed by atoms with Crippen molar-refractivity contribution in [2.24, 2.45) is 0 Å². The van der Waals surface area contributed by atoms with Gasteiger partial charge >= 0.3 is 0 Å². The van der Waals surface area contributed by atoms with E-state index in [-0.39, 0.29) is 11.9 Å². The maximum absolute atomic E-state index is 11.8. The summed E-state index contributed by atoms with van der Waals surface area (Å²) in [4.78, 5) is 14.1. The van der Waals surface area contributed by atoms with Crippen molar-refractivity contribution in [1.82, 2.24) is 15.5 Å². The van der Waals surface area contributed by atoms with Gasteiger partial charge in [0.1, 0.15) is 0 Å². The molecule has 86 valence electrons. The minimum absolute atomic E-state index is 0.0669. The zero-order valence-corrected chi connectivity index (χ0v) is 9.46. The molecule has 0 radical (unpaired) electrons. The molecule has 2 fully saturated rings. The smallest absolute Gasteiger partial charge is 0.237 e. The first-order chi connectivity index (χ1) is 7.25. The fraction of sp³-hybridized carbons (Fsp3) is 0.909. The maximum Gasteiger partial charge on any atom is 0.237 e. The van der Waals surface area contributed by atoms with Gasteiger partial charge in [0.05, 0.1) is 6.04 Å². The summed E-state index contributed by atoms with van der Waals surface area (Å²) in [6, 6.07) is 0.427. The molecule has 2 aliphatic rings. The number of likely N-dealkylation sites (tertiary alicyclic amines) is 1. The number of rotatable bonds is 2. The third kappa shape index (κ3) is 2.92. The van der Waals surface area contributed by atoms with Crippen LogP contribution < -0.4 is 10.6 Å². The molecule has 2 rings (SSSR count). The molecule has 0 spiro atoms. The van der Waals surface area contributed by atoms with E-state index in [1.165, 1.54) is 6.42 Å². The molecule has 4 nitrogen and oxygen atoms in total. The average molecular weight is 211 g/mol. The first-order valence-corrected chi connectivity index (χ1v) is 5.98. The molecule has 0 aromatic carbocycles. The quantitative estimate of drug-likeness (QED) is 0.673. The predicted octanol–water partition coefficient (Wildman–Crippen LogP) is -0.0512. The Hall–Kier alpha value is -0.610. The Labute approximate surface area is 91.4 Å². The van der Waals surface area contributed by atoms with Crippen molar-refractivity contribution in [2.45, 2.75) is 37.8 Å². The molecule has 4 heteroatoms. The summed E-state index contributed by atoms with van der Waals surface area (Å²) in [5, 5.41) is 6.38. The highest BCUT2D eigenvalue weighted by Gasteiger charge is 2.25. The lowest BCUT2D eigenvalue weighted by Crippen LogP contribution is -2.50. The Balaban J connectivity index is 1.77. The molecular formula is C11H21N3O. The van der Waals surface area contributed by atoms with E-state index in [1.807, 2.05) is 0 Å². The van der Waals surface area contributed by atoms with Crippen LogP contribution >= 0.6 is 0 Å². The van der Waals surface area contributed by atoms with Crippen LogP contribution in [0.5, 0.6) is 0 Å². The van der Waals surface area contributed by atoms with Gasteiger partial charge in [-0.25, -0.2) is 0 Å². The van der Waals surface area contributed by atoms with E-state index in [1.54, 1.807) is 0 Å². The molecular weight excluding hydrogens is 190 g/mol. The Morgan fingerprint density at radius 2 is 2.27 bits per heavy atom. The number of piperidine rings is 1. The number of nitrogens with zero attached hydrogens (tertiary/aromatic N) is 1. The lowest BCUT2D eigenvalue weighted by Gasteiger charge is -2.30. The molecule has 15 heavy (non-hydrogen) atoms. The highest BCUT2D eigenvalue weighted by Crippen LogP contribution is 2.10. The van der Waals surface area contributed by atoms with Gasteiger partial charge in [0.25, 0.3) is 0 Å². The standard InChI is InChI=1S/C11H21N3O/c1-14-7-3-4-9(8-14)13-11(15)10-5-2-6-12-10/h9-10,12H,2-8H2,1H3,(H,13,15)/t9-,10?/m1/s1. The Kier molecular flexibility index (Phi) is 3.59. The Morgan fingerprint density at radius 1 is 1.40 bits per heavy atom. The molecule has 0 aromatic heterocycles. The normalized spacial score (nSPS) is 32.9. The van der Waals surface area contributed by atoms with Crippen LogP contribution in [0.3, 0.4) is 0 Å². The van der Waals surface area contributed by atoms with E-state index < -0.39 is 0 Å². The second kappa shape index (κ2) is 4.94. The number of hydrogen-bond donors (Lipinski definition) is 2. The number of likely N-dealkylation sites (N-methyl/N-ethyl adjacent to an activating group) is 1. The number of carbonyl (C=O) groups is 1. The molecule has 1 amide bonds. The van der Waals surface area contributed by atoms with Gasteiger partial charge < -0.3 is 15.5 Å². The largest absolute Gasteiger partial charge is 0.351 e. The average Bonchev–Trinajstić information content (AvgIpc) is 2.70. The van der Waals surface area contributed by atoms with Gasteiger partial charge in [0, 0.05) is 12.6 Å². The van der Waals surface area contributed by atoms with Crippen molar-refractivity contribution in [2.75, 3.05) is 26.7 Å². The zero-order chi connectivity index (χ0) is 10.7. The summed E-state index contributed by atoms with van der Waals surface area (Å²) in [6.07, 6.45) is 4.44. The molecule has 2 N–H and O–H groups in total. The molecule has 0 saturated carbocycles. The van der Waals surface area contributed by atoms with Gasteiger partial charge in [0.15, 0.2) is 0 Å². The van der Waals surface area contributed by atoms with Gasteiger partial charge in [-0.2, -0.15) is 0 Å². The van der Waals surface area contributed by atoms with Crippen LogP contribution in [0.25, 0.3) is 0 Å². The number of carbonyl (C=O) groups excluding carboxylic acids is 1. The lowest BCUT2D eigenvalue weighted by molar-refractivity contribution is -0.123. The second-order valence-electron chi connectivity index (χ2n) is 4.76. The van der Waals surface area contributed by atoms with Crippen molar-refractivity contribution in [3.05, 3.63) is 0 Å². The fourth-order valence-corrected chi connectivity index (χ4v) is 2.49. The molecule has 2 heterocycles. The Bertz CT molecular complexity index is 226. The topological polar surface area (TPSA) is 44.4 Å². The number of amides is 1. The van der Waals surface area contributed by atoms with E-state index in [0.717, 1.165) is 38.9 Å². The number of hydrogen-bond acceptors (Lipinski definition) is 3. The number of nitrogens with one attached hydrogen (secondary N) is 2. The van der Waals surface area contributed by atoms with Crippen LogP contribution in [0, 0.1) is 0 Å². The van der Waals surface area contributed by atoms with Crippen LogP contribution in [-0.2, 0) is 4.79 Å². The van der Waals surface area contributed by atoms with Crippen molar-refractivity contribution >= 4 is 5.91 Å². The van der Waals surface area contributed by atoms with Crippen LogP contribution in [0.2, 0.25) is 0 Å². The van der Waals surface area contributed by atoms with Crippen molar-refractivity contribution in [3.63, 3.8) is 0 Å². The Morgan fingerprint density at radius 3 is 2.93 bits per heavy atom. The third-order valence-corrected chi connectivity index (χ3v) is 3.35. The minimum atomic E-state index is 0.0669. The summed E-state index contributed by atoms with van der Waals surface area (Å²) < 4.78 is 0. The molecule has 2 atom stereocenters. The van der Waals surface area contributed by atoms with Crippen LogP contribution in [0.4, 0.5) is 0 Å². The van der Waals surface area contributed by atoms with E-state index >= 15 is 0 Å². The monoisotopic (exact) mass is 211 g/mol. The highest BCUT2D eigenvalue weighted by atomic mass is 16.2. The molecule has 2 saturated heterocycles. The second-order valence-corrected chi connectivity index (χ2v) is 4.76. The van der Waals surface area contributed by atoms with Gasteiger partial charge in [-0.1, -0.05) is 0 Å². The van der Waals surface area contributed by atoms with E-state index in [9.17, 15) is 4.79 Å². The summed E-state index contributed by atoms with van der Waals surface area (Å²) in [7, 11) is 2.12. The predicted molar refractivity (Wildman–Crippen MR) is 59.7 cm³/mol. The first-order valence-electron chi connectivity index (χ1n) is 5.98. The van der Waals surface area contributed by atoms with Crippen molar-refractivity contribution < 1.29 is 4.79 Å². The molecule has 2 aliphatic heterocycles. The van der Waals surface area contributed by atoms with E-state index in [0.29, 0.717) is 6.04 Å². The summed E-state index contributed by atoms with van der Waals surface area (Å²) in [6.45, 7) is 3.15. The molecule has 0 bridgehead atoms. The van der Waals surface area contributed by atoms with Gasteiger partial charge in [0.2, 0.25) is 5.91 Å². The van der Waals surface area contributed by atoms with E-state index in [2.05, 4.69) is 22.6 Å². The summed E-state index contributed by atoms with van der Waals surface area (Å²) in [5.41, 5.74) is 0. The highest BCUT2D eigenvalue weighted by molar-refractivity contribution is 5.82. The van der Waals surface area contributed by atoms with Crippen molar-refractivity contribution in [3.8, 4) is 0 Å². The minimum Gasteiger partial charge on any atom is -0.351 e. The zero-order valence-electron chi connectivity index (χ0n) is 9.46. The first kappa shape index (κ1) is 10.9. The van der Waals surface area contributed by atoms with Crippen LogP contribution in [0.15, 0.2) is 0 Å². The van der Waals surface area contributed by atoms with E-state index in [4.69, 9.17) is 0 Å². The molecule has 0 aromatic rings. The molecule has 0 aliphatic carbocycles. The fourth-order valence-electron chi connectivity index (χ4n) is 2.49.